The first-order chi connectivity index (χ1) is 13.5. The summed E-state index contributed by atoms with van der Waals surface area (Å²) >= 11 is 1.65. The lowest BCUT2D eigenvalue weighted by molar-refractivity contribution is -0.127. The molecule has 2 aliphatic rings. The first-order valence-corrected chi connectivity index (χ1v) is 10.6. The number of hydrazone groups is 1. The Morgan fingerprint density at radius 1 is 1.21 bits per heavy atom. The monoisotopic (exact) mass is 403 g/mol. The van der Waals surface area contributed by atoms with E-state index < -0.39 is 0 Å². The van der Waals surface area contributed by atoms with Gasteiger partial charge in [-0.25, -0.2) is 4.41 Å². The van der Waals surface area contributed by atoms with Gasteiger partial charge in [0.1, 0.15) is 18.2 Å². The van der Waals surface area contributed by atoms with Crippen molar-refractivity contribution in [3.05, 3.63) is 35.4 Å². The fraction of sp³-hybridized carbons (Fsp3) is 0.524. The summed E-state index contributed by atoms with van der Waals surface area (Å²) in [5.74, 6) is 1.44. The van der Waals surface area contributed by atoms with E-state index in [0.717, 1.165) is 41.9 Å². The normalized spacial score (nSPS) is 17.5. The SMILES string of the molecule is COc1ccc(CN2CN(SC(C)C)N=C(C3=CCCCC3)C2=O)c(OC)c1. The van der Waals surface area contributed by atoms with Gasteiger partial charge in [0, 0.05) is 16.9 Å². The van der Waals surface area contributed by atoms with Gasteiger partial charge in [-0.2, -0.15) is 5.10 Å². The molecule has 1 aliphatic carbocycles. The molecular weight excluding hydrogens is 374 g/mol. The van der Waals surface area contributed by atoms with Crippen LogP contribution in [0.1, 0.15) is 45.1 Å². The molecule has 0 N–H and O–H groups in total. The van der Waals surface area contributed by atoms with Crippen LogP contribution in [0.2, 0.25) is 0 Å². The highest BCUT2D eigenvalue weighted by Gasteiger charge is 2.31. The van der Waals surface area contributed by atoms with Gasteiger partial charge >= 0.3 is 0 Å². The maximum Gasteiger partial charge on any atom is 0.276 e. The van der Waals surface area contributed by atoms with E-state index >= 15 is 0 Å². The lowest BCUT2D eigenvalue weighted by atomic mass is 9.95. The second-order valence-electron chi connectivity index (χ2n) is 7.25. The quantitative estimate of drug-likeness (QED) is 0.638. The third-order valence-electron chi connectivity index (χ3n) is 4.78. The molecule has 0 unspecified atom stereocenters. The van der Waals surface area contributed by atoms with Gasteiger partial charge < -0.3 is 14.4 Å². The largest absolute Gasteiger partial charge is 0.497 e. The number of nitrogens with zero attached hydrogens (tertiary/aromatic N) is 3. The summed E-state index contributed by atoms with van der Waals surface area (Å²) in [7, 11) is 3.27. The second kappa shape index (κ2) is 9.37. The number of amides is 1. The van der Waals surface area contributed by atoms with Crippen molar-refractivity contribution in [3.8, 4) is 11.5 Å². The zero-order chi connectivity index (χ0) is 20.1. The van der Waals surface area contributed by atoms with Crippen LogP contribution in [0.5, 0.6) is 11.5 Å². The van der Waals surface area contributed by atoms with Gasteiger partial charge in [0.2, 0.25) is 0 Å². The molecule has 1 heterocycles. The van der Waals surface area contributed by atoms with Crippen molar-refractivity contribution in [3.63, 3.8) is 0 Å². The van der Waals surface area contributed by atoms with E-state index in [0.29, 0.717) is 24.2 Å². The summed E-state index contributed by atoms with van der Waals surface area (Å²) in [6.45, 7) is 5.18. The molecule has 1 aliphatic heterocycles. The number of carbonyl (C=O) groups excluding carboxylic acids is 1. The number of carbonyl (C=O) groups is 1. The Morgan fingerprint density at radius 3 is 2.68 bits per heavy atom. The Labute approximate surface area is 171 Å². The summed E-state index contributed by atoms with van der Waals surface area (Å²) in [5, 5.41) is 5.08. The summed E-state index contributed by atoms with van der Waals surface area (Å²) in [6.07, 6.45) is 6.41. The molecule has 0 saturated heterocycles. The van der Waals surface area contributed by atoms with Gasteiger partial charge in [0.25, 0.3) is 5.91 Å². The molecule has 0 aromatic heterocycles. The van der Waals surface area contributed by atoms with Crippen molar-refractivity contribution < 1.29 is 14.3 Å². The first-order valence-electron chi connectivity index (χ1n) is 9.74. The van der Waals surface area contributed by atoms with Crippen molar-refractivity contribution >= 4 is 23.6 Å². The molecule has 6 nitrogen and oxygen atoms in total. The lowest BCUT2D eigenvalue weighted by Gasteiger charge is -2.35. The van der Waals surface area contributed by atoms with Gasteiger partial charge in [0.05, 0.1) is 20.8 Å². The molecule has 28 heavy (non-hydrogen) atoms. The smallest absolute Gasteiger partial charge is 0.276 e. The van der Waals surface area contributed by atoms with E-state index in [1.807, 2.05) is 27.5 Å². The number of benzene rings is 1. The van der Waals surface area contributed by atoms with Crippen LogP contribution in [0.15, 0.2) is 34.9 Å². The standard InChI is InChI=1S/C21H29N3O3S/c1-15(2)28-24-14-23(13-17-10-11-18(26-3)12-19(17)27-4)21(25)20(22-24)16-8-6-5-7-9-16/h8,10-12,15H,5-7,9,13-14H2,1-4H3. The van der Waals surface area contributed by atoms with Crippen molar-refractivity contribution in [2.24, 2.45) is 5.10 Å². The molecule has 7 heteroatoms. The molecule has 3 rings (SSSR count). The van der Waals surface area contributed by atoms with Crippen molar-refractivity contribution in [1.82, 2.24) is 9.31 Å². The highest BCUT2D eigenvalue weighted by Crippen LogP contribution is 2.30. The molecule has 0 bridgehead atoms. The van der Waals surface area contributed by atoms with Crippen LogP contribution >= 0.6 is 11.9 Å². The molecule has 1 aromatic carbocycles. The van der Waals surface area contributed by atoms with Crippen LogP contribution in [0.25, 0.3) is 0 Å². The van der Waals surface area contributed by atoms with Crippen LogP contribution in [0, 0.1) is 0 Å². The molecule has 0 radical (unpaired) electrons. The lowest BCUT2D eigenvalue weighted by Crippen LogP contribution is -2.46. The van der Waals surface area contributed by atoms with Crippen LogP contribution < -0.4 is 9.47 Å². The molecular formula is C21H29N3O3S. The Hall–Kier alpha value is -2.15. The van der Waals surface area contributed by atoms with E-state index in [2.05, 4.69) is 19.9 Å². The number of hydrogen-bond acceptors (Lipinski definition) is 6. The maximum absolute atomic E-state index is 13.2. The third kappa shape index (κ3) is 4.82. The minimum Gasteiger partial charge on any atom is -0.497 e. The maximum atomic E-state index is 13.2. The van der Waals surface area contributed by atoms with Gasteiger partial charge in [-0.3, -0.25) is 4.79 Å². The van der Waals surface area contributed by atoms with Crippen LogP contribution in [0.4, 0.5) is 0 Å². The number of rotatable bonds is 7. The molecule has 0 fully saturated rings. The second-order valence-corrected chi connectivity index (χ2v) is 8.83. The number of allylic oxidation sites excluding steroid dienone is 1. The average Bonchev–Trinajstić information content (AvgIpc) is 2.70. The van der Waals surface area contributed by atoms with Gasteiger partial charge in [0.15, 0.2) is 5.71 Å². The third-order valence-corrected chi connectivity index (χ3v) is 5.64. The molecule has 0 spiro atoms. The molecule has 1 amide bonds. The van der Waals surface area contributed by atoms with Crippen molar-refractivity contribution in [2.45, 2.75) is 51.3 Å². The van der Waals surface area contributed by atoms with Crippen LogP contribution in [-0.2, 0) is 11.3 Å². The summed E-state index contributed by atoms with van der Waals surface area (Å²) in [4.78, 5) is 15.1. The van der Waals surface area contributed by atoms with Gasteiger partial charge in [-0.05, 0) is 55.3 Å². The van der Waals surface area contributed by atoms with E-state index in [4.69, 9.17) is 14.6 Å². The van der Waals surface area contributed by atoms with E-state index in [1.54, 1.807) is 26.2 Å². The van der Waals surface area contributed by atoms with Crippen molar-refractivity contribution in [2.75, 3.05) is 20.9 Å². The average molecular weight is 404 g/mol. The van der Waals surface area contributed by atoms with E-state index in [-0.39, 0.29) is 5.91 Å². The fourth-order valence-electron chi connectivity index (χ4n) is 3.41. The zero-order valence-corrected chi connectivity index (χ0v) is 17.9. The number of ether oxygens (including phenoxy) is 2. The Bertz CT molecular complexity index is 776. The molecule has 1 aromatic rings. The predicted molar refractivity (Wildman–Crippen MR) is 114 cm³/mol. The Balaban J connectivity index is 1.87. The van der Waals surface area contributed by atoms with Crippen LogP contribution in [-0.4, -0.2) is 47.1 Å². The highest BCUT2D eigenvalue weighted by atomic mass is 32.2. The van der Waals surface area contributed by atoms with Gasteiger partial charge in [-0.15, -0.1) is 0 Å². The molecule has 0 atom stereocenters. The van der Waals surface area contributed by atoms with E-state index in [9.17, 15) is 4.79 Å². The first kappa shape index (κ1) is 20.6. The Kier molecular flexibility index (Phi) is 6.88. The number of methoxy groups -OCH3 is 2. The van der Waals surface area contributed by atoms with Gasteiger partial charge in [-0.1, -0.05) is 19.9 Å². The molecule has 152 valence electrons. The summed E-state index contributed by atoms with van der Waals surface area (Å²) in [5.41, 5.74) is 2.62. The Morgan fingerprint density at radius 2 is 2.04 bits per heavy atom. The zero-order valence-electron chi connectivity index (χ0n) is 17.1. The summed E-state index contributed by atoms with van der Waals surface area (Å²) in [6, 6.07) is 5.70. The predicted octanol–water partition coefficient (Wildman–Crippen LogP) is 4.22. The minimum absolute atomic E-state index is 0.00775. The summed E-state index contributed by atoms with van der Waals surface area (Å²) < 4.78 is 12.7. The molecule has 0 saturated carbocycles. The minimum atomic E-state index is -0.00775. The fourth-order valence-corrected chi connectivity index (χ4v) is 4.23. The van der Waals surface area contributed by atoms with Crippen molar-refractivity contribution in [1.29, 1.82) is 0 Å². The number of hydrogen-bond donors (Lipinski definition) is 0. The van der Waals surface area contributed by atoms with Crippen LogP contribution in [0.3, 0.4) is 0 Å². The topological polar surface area (TPSA) is 54.4 Å². The van der Waals surface area contributed by atoms with E-state index in [1.165, 1.54) is 6.42 Å². The highest BCUT2D eigenvalue weighted by molar-refractivity contribution is 7.97.